The van der Waals surface area contributed by atoms with Crippen molar-refractivity contribution >= 4 is 49.5 Å². The number of rotatable bonds is 5. The molecule has 0 aliphatic carbocycles. The van der Waals surface area contributed by atoms with Gasteiger partial charge in [-0.25, -0.2) is 0 Å². The number of hydrogen-bond acceptors (Lipinski definition) is 3. The second-order valence-electron chi connectivity index (χ2n) is 5.24. The Kier molecular flexibility index (Phi) is 6.80. The average Bonchev–Trinajstić information content (AvgIpc) is 2.58. The highest BCUT2D eigenvalue weighted by molar-refractivity contribution is 9.11. The molecule has 0 saturated heterocycles. The van der Waals surface area contributed by atoms with E-state index in [1.54, 1.807) is 24.3 Å². The van der Waals surface area contributed by atoms with E-state index in [1.165, 1.54) is 6.08 Å². The molecule has 2 rings (SSSR count). The minimum absolute atomic E-state index is 0.0172. The van der Waals surface area contributed by atoms with E-state index in [0.717, 1.165) is 14.5 Å². The molecular formula is C19H16Br2N2O2. The second-order valence-corrected chi connectivity index (χ2v) is 6.95. The van der Waals surface area contributed by atoms with Crippen molar-refractivity contribution in [1.29, 1.82) is 5.26 Å². The zero-order chi connectivity index (χ0) is 18.4. The van der Waals surface area contributed by atoms with E-state index in [2.05, 4.69) is 37.2 Å². The van der Waals surface area contributed by atoms with Crippen molar-refractivity contribution in [2.24, 2.45) is 0 Å². The number of aryl methyl sites for hydroxylation is 1. The molecule has 128 valence electrons. The topological polar surface area (TPSA) is 62.1 Å². The number of carbonyl (C=O) groups excluding carboxylic acids is 1. The van der Waals surface area contributed by atoms with Gasteiger partial charge < -0.3 is 10.1 Å². The summed E-state index contributed by atoms with van der Waals surface area (Å²) < 4.78 is 7.01. The Morgan fingerprint density at radius 2 is 1.84 bits per heavy atom. The molecule has 0 atom stereocenters. The van der Waals surface area contributed by atoms with Gasteiger partial charge in [-0.3, -0.25) is 4.79 Å². The standard InChI is InChI=1S/C19H16Br2N2O2/c1-3-25-18-16(20)9-13(10-17(18)21)8-14(11-22)19(24)23-15-6-4-12(2)5-7-15/h4-10H,3H2,1-2H3,(H,23,24)/b14-8-. The van der Waals surface area contributed by atoms with Crippen LogP contribution in [0.1, 0.15) is 18.1 Å². The predicted octanol–water partition coefficient (Wildman–Crippen LogP) is 5.46. The Balaban J connectivity index is 2.26. The summed E-state index contributed by atoms with van der Waals surface area (Å²) in [6.45, 7) is 4.40. The van der Waals surface area contributed by atoms with Crippen LogP contribution in [-0.4, -0.2) is 12.5 Å². The number of halogens is 2. The zero-order valence-corrected chi connectivity index (χ0v) is 16.9. The van der Waals surface area contributed by atoms with Crippen molar-refractivity contribution in [2.45, 2.75) is 13.8 Å². The maximum atomic E-state index is 12.3. The monoisotopic (exact) mass is 462 g/mol. The van der Waals surface area contributed by atoms with Crippen LogP contribution in [0.2, 0.25) is 0 Å². The van der Waals surface area contributed by atoms with Crippen LogP contribution in [0.25, 0.3) is 6.08 Å². The molecule has 0 bridgehead atoms. The highest BCUT2D eigenvalue weighted by Gasteiger charge is 2.12. The van der Waals surface area contributed by atoms with Gasteiger partial charge in [0.15, 0.2) is 0 Å². The molecule has 0 fully saturated rings. The molecule has 0 unspecified atom stereocenters. The number of carbonyl (C=O) groups is 1. The number of nitriles is 1. The molecule has 0 radical (unpaired) electrons. The van der Waals surface area contributed by atoms with Crippen LogP contribution < -0.4 is 10.1 Å². The first-order valence-electron chi connectivity index (χ1n) is 7.56. The lowest BCUT2D eigenvalue weighted by Crippen LogP contribution is -2.13. The SMILES string of the molecule is CCOc1c(Br)cc(/C=C(/C#N)C(=O)Nc2ccc(C)cc2)cc1Br. The normalized spacial score (nSPS) is 10.9. The molecule has 2 aromatic carbocycles. The van der Waals surface area contributed by atoms with Crippen molar-refractivity contribution in [1.82, 2.24) is 0 Å². The number of nitrogens with zero attached hydrogens (tertiary/aromatic N) is 1. The summed E-state index contributed by atoms with van der Waals surface area (Å²) >= 11 is 6.88. The quantitative estimate of drug-likeness (QED) is 0.472. The Morgan fingerprint density at radius 1 is 1.24 bits per heavy atom. The Labute approximate surface area is 163 Å². The molecule has 6 heteroatoms. The van der Waals surface area contributed by atoms with Crippen molar-refractivity contribution in [3.05, 3.63) is 62.0 Å². The maximum Gasteiger partial charge on any atom is 0.266 e. The summed E-state index contributed by atoms with van der Waals surface area (Å²) in [5, 5.41) is 12.1. The van der Waals surface area contributed by atoms with E-state index in [4.69, 9.17) is 4.74 Å². The highest BCUT2D eigenvalue weighted by Crippen LogP contribution is 2.35. The van der Waals surface area contributed by atoms with Gasteiger partial charge in [0.05, 0.1) is 15.6 Å². The molecule has 0 saturated carbocycles. The van der Waals surface area contributed by atoms with Gasteiger partial charge in [-0.1, -0.05) is 17.7 Å². The summed E-state index contributed by atoms with van der Waals surface area (Å²) in [5.41, 5.74) is 2.46. The van der Waals surface area contributed by atoms with E-state index >= 15 is 0 Å². The number of anilines is 1. The van der Waals surface area contributed by atoms with Crippen LogP contribution in [0.5, 0.6) is 5.75 Å². The summed E-state index contributed by atoms with van der Waals surface area (Å²) in [6.07, 6.45) is 1.54. The van der Waals surface area contributed by atoms with Crippen molar-refractivity contribution in [3.8, 4) is 11.8 Å². The number of nitrogens with one attached hydrogen (secondary N) is 1. The molecule has 1 amide bonds. The van der Waals surface area contributed by atoms with Crippen LogP contribution in [0.4, 0.5) is 5.69 Å². The van der Waals surface area contributed by atoms with Gasteiger partial charge in [0.25, 0.3) is 5.91 Å². The Morgan fingerprint density at radius 3 is 2.36 bits per heavy atom. The van der Waals surface area contributed by atoms with Gasteiger partial charge in [0, 0.05) is 5.69 Å². The average molecular weight is 464 g/mol. The number of hydrogen-bond donors (Lipinski definition) is 1. The molecule has 0 aliphatic rings. The van der Waals surface area contributed by atoms with E-state index in [1.807, 2.05) is 32.0 Å². The van der Waals surface area contributed by atoms with E-state index in [9.17, 15) is 10.1 Å². The van der Waals surface area contributed by atoms with Crippen LogP contribution in [0.15, 0.2) is 50.9 Å². The first kappa shape index (κ1) is 19.2. The third-order valence-corrected chi connectivity index (χ3v) is 4.47. The highest BCUT2D eigenvalue weighted by atomic mass is 79.9. The fourth-order valence-corrected chi connectivity index (χ4v) is 3.55. The fraction of sp³-hybridized carbons (Fsp3) is 0.158. The largest absolute Gasteiger partial charge is 0.492 e. The van der Waals surface area contributed by atoms with E-state index < -0.39 is 5.91 Å². The molecule has 4 nitrogen and oxygen atoms in total. The minimum atomic E-state index is -0.451. The van der Waals surface area contributed by atoms with Gasteiger partial charge in [0.2, 0.25) is 0 Å². The van der Waals surface area contributed by atoms with Gasteiger partial charge in [-0.15, -0.1) is 0 Å². The minimum Gasteiger partial charge on any atom is -0.492 e. The molecule has 0 aliphatic heterocycles. The second kappa shape index (κ2) is 8.84. The summed E-state index contributed by atoms with van der Waals surface area (Å²) in [7, 11) is 0. The lowest BCUT2D eigenvalue weighted by molar-refractivity contribution is -0.112. The maximum absolute atomic E-state index is 12.3. The van der Waals surface area contributed by atoms with Crippen LogP contribution in [-0.2, 0) is 4.79 Å². The zero-order valence-electron chi connectivity index (χ0n) is 13.8. The molecule has 0 spiro atoms. The molecular weight excluding hydrogens is 448 g/mol. The molecule has 1 N–H and O–H groups in total. The Hall–Kier alpha value is -2.10. The third-order valence-electron chi connectivity index (χ3n) is 3.29. The van der Waals surface area contributed by atoms with Crippen LogP contribution in [0, 0.1) is 18.3 Å². The summed E-state index contributed by atoms with van der Waals surface area (Å²) in [5.74, 6) is 0.231. The third kappa shape index (κ3) is 5.18. The molecule has 2 aromatic rings. The Bertz CT molecular complexity index is 830. The van der Waals surface area contributed by atoms with Gasteiger partial charge in [-0.2, -0.15) is 5.26 Å². The van der Waals surface area contributed by atoms with Crippen LogP contribution >= 0.6 is 31.9 Å². The lowest BCUT2D eigenvalue weighted by Gasteiger charge is -2.10. The first-order chi connectivity index (χ1) is 11.9. The molecule has 0 heterocycles. The molecule has 0 aromatic heterocycles. The number of benzene rings is 2. The number of ether oxygens (including phenoxy) is 1. The fourth-order valence-electron chi connectivity index (χ4n) is 2.10. The summed E-state index contributed by atoms with van der Waals surface area (Å²) in [4.78, 5) is 12.3. The number of amides is 1. The van der Waals surface area contributed by atoms with Crippen LogP contribution in [0.3, 0.4) is 0 Å². The smallest absolute Gasteiger partial charge is 0.266 e. The predicted molar refractivity (Wildman–Crippen MR) is 106 cm³/mol. The lowest BCUT2D eigenvalue weighted by atomic mass is 10.1. The summed E-state index contributed by atoms with van der Waals surface area (Å²) in [6, 6.07) is 12.9. The van der Waals surface area contributed by atoms with Gasteiger partial charge >= 0.3 is 0 Å². The van der Waals surface area contributed by atoms with Gasteiger partial charge in [-0.05, 0) is 81.6 Å². The molecule has 25 heavy (non-hydrogen) atoms. The van der Waals surface area contributed by atoms with E-state index in [0.29, 0.717) is 23.6 Å². The van der Waals surface area contributed by atoms with Gasteiger partial charge in [0.1, 0.15) is 17.4 Å². The van der Waals surface area contributed by atoms with Crippen molar-refractivity contribution in [2.75, 3.05) is 11.9 Å². The first-order valence-corrected chi connectivity index (χ1v) is 9.15. The van der Waals surface area contributed by atoms with E-state index in [-0.39, 0.29) is 5.57 Å². The van der Waals surface area contributed by atoms with Crippen molar-refractivity contribution < 1.29 is 9.53 Å². The van der Waals surface area contributed by atoms with Crippen molar-refractivity contribution in [3.63, 3.8) is 0 Å².